The summed E-state index contributed by atoms with van der Waals surface area (Å²) in [6.07, 6.45) is 6.77. The van der Waals surface area contributed by atoms with Gasteiger partial charge >= 0.3 is 0 Å². The molecule has 0 unspecified atom stereocenters. The number of rotatable bonds is 4. The zero-order chi connectivity index (χ0) is 16.5. The molecule has 4 rings (SSSR count). The van der Waals surface area contributed by atoms with E-state index in [2.05, 4.69) is 20.4 Å². The quantitative estimate of drug-likeness (QED) is 0.899. The van der Waals surface area contributed by atoms with E-state index in [0.29, 0.717) is 18.1 Å². The van der Waals surface area contributed by atoms with E-state index in [9.17, 15) is 4.79 Å². The number of aryl methyl sites for hydroxylation is 3. The van der Waals surface area contributed by atoms with E-state index in [4.69, 9.17) is 9.51 Å². The van der Waals surface area contributed by atoms with Crippen molar-refractivity contribution in [3.63, 3.8) is 0 Å². The maximum Gasteiger partial charge on any atom is 0.239 e. The highest BCUT2D eigenvalue weighted by atomic mass is 16.5. The predicted molar refractivity (Wildman–Crippen MR) is 88.6 cm³/mol. The number of amides is 1. The number of fused-ring (bicyclic) bond motifs is 1. The van der Waals surface area contributed by atoms with Crippen molar-refractivity contribution in [2.75, 3.05) is 18.4 Å². The van der Waals surface area contributed by atoms with Gasteiger partial charge in [0.25, 0.3) is 0 Å². The summed E-state index contributed by atoms with van der Waals surface area (Å²) in [5.41, 5.74) is 2.52. The van der Waals surface area contributed by atoms with Crippen LogP contribution in [0.2, 0.25) is 0 Å². The number of hydrogen-bond donors (Lipinski definition) is 2. The molecule has 1 aliphatic heterocycles. The molecule has 0 bridgehead atoms. The van der Waals surface area contributed by atoms with Crippen LogP contribution in [-0.4, -0.2) is 39.0 Å². The molecule has 0 saturated carbocycles. The van der Waals surface area contributed by atoms with Crippen LogP contribution < -0.4 is 5.32 Å². The van der Waals surface area contributed by atoms with Gasteiger partial charge in [0.05, 0.1) is 18.3 Å². The molecule has 2 aliphatic rings. The topological polar surface area (TPSA) is 87.0 Å². The third-order valence-electron chi connectivity index (χ3n) is 4.89. The fourth-order valence-corrected chi connectivity index (χ4v) is 3.75. The van der Waals surface area contributed by atoms with Gasteiger partial charge in [0.15, 0.2) is 5.82 Å². The maximum absolute atomic E-state index is 12.3. The number of aromatic nitrogens is 3. The second-order valence-electron chi connectivity index (χ2n) is 6.75. The molecule has 0 aromatic carbocycles. The molecule has 1 saturated heterocycles. The molecule has 2 aromatic rings. The second-order valence-corrected chi connectivity index (χ2v) is 6.75. The van der Waals surface area contributed by atoms with Gasteiger partial charge in [0.2, 0.25) is 5.91 Å². The third-order valence-corrected chi connectivity index (χ3v) is 4.89. The minimum absolute atomic E-state index is 0.0634. The van der Waals surface area contributed by atoms with Crippen LogP contribution in [0, 0.1) is 6.92 Å². The van der Waals surface area contributed by atoms with Gasteiger partial charge in [-0.25, -0.2) is 4.98 Å². The first-order chi connectivity index (χ1) is 11.7. The predicted octanol–water partition coefficient (Wildman–Crippen LogP) is 2.36. The molecule has 1 amide bonds. The minimum Gasteiger partial charge on any atom is -0.360 e. The fraction of sp³-hybridized carbons (Fsp3) is 0.588. The molecule has 1 atom stereocenters. The van der Waals surface area contributed by atoms with Gasteiger partial charge in [-0.1, -0.05) is 5.16 Å². The SMILES string of the molecule is Cc1cc(NC(=O)CN2CCC[C@@H]2c2nc3c([nH]2)CCCC3)no1. The van der Waals surface area contributed by atoms with Crippen LogP contribution >= 0.6 is 0 Å². The summed E-state index contributed by atoms with van der Waals surface area (Å²) in [6, 6.07) is 1.93. The summed E-state index contributed by atoms with van der Waals surface area (Å²) in [5.74, 6) is 2.13. The van der Waals surface area contributed by atoms with Crippen molar-refractivity contribution in [3.05, 3.63) is 29.0 Å². The number of nitrogens with zero attached hydrogens (tertiary/aromatic N) is 3. The van der Waals surface area contributed by atoms with Gasteiger partial charge in [-0.3, -0.25) is 9.69 Å². The Kier molecular flexibility index (Phi) is 4.10. The smallest absolute Gasteiger partial charge is 0.239 e. The average Bonchev–Trinajstić information content (AvgIpc) is 3.26. The first-order valence-electron chi connectivity index (χ1n) is 8.74. The number of hydrogen-bond acceptors (Lipinski definition) is 5. The lowest BCUT2D eigenvalue weighted by atomic mass is 10.0. The fourth-order valence-electron chi connectivity index (χ4n) is 3.75. The van der Waals surface area contributed by atoms with E-state index in [-0.39, 0.29) is 11.9 Å². The molecule has 2 aromatic heterocycles. The van der Waals surface area contributed by atoms with Gasteiger partial charge < -0.3 is 14.8 Å². The Balaban J connectivity index is 1.42. The summed E-state index contributed by atoms with van der Waals surface area (Å²) >= 11 is 0. The number of carbonyl (C=O) groups is 1. The van der Waals surface area contributed by atoms with Crippen LogP contribution in [-0.2, 0) is 17.6 Å². The molecule has 24 heavy (non-hydrogen) atoms. The van der Waals surface area contributed by atoms with E-state index >= 15 is 0 Å². The molecule has 3 heterocycles. The zero-order valence-corrected chi connectivity index (χ0v) is 14.0. The number of carbonyl (C=O) groups excluding carboxylic acids is 1. The van der Waals surface area contributed by atoms with E-state index in [1.165, 1.54) is 24.2 Å². The summed E-state index contributed by atoms with van der Waals surface area (Å²) in [4.78, 5) is 22.8. The highest BCUT2D eigenvalue weighted by molar-refractivity contribution is 5.91. The minimum atomic E-state index is -0.0634. The average molecular weight is 329 g/mol. The van der Waals surface area contributed by atoms with Crippen molar-refractivity contribution in [1.82, 2.24) is 20.0 Å². The molecule has 128 valence electrons. The molecule has 7 heteroatoms. The summed E-state index contributed by atoms with van der Waals surface area (Å²) in [5, 5.41) is 6.60. The van der Waals surface area contributed by atoms with Crippen LogP contribution in [0.5, 0.6) is 0 Å². The van der Waals surface area contributed by atoms with Crippen molar-refractivity contribution < 1.29 is 9.32 Å². The van der Waals surface area contributed by atoms with Crippen LogP contribution in [0.3, 0.4) is 0 Å². The molecule has 2 N–H and O–H groups in total. The summed E-state index contributed by atoms with van der Waals surface area (Å²) in [6.45, 7) is 3.07. The van der Waals surface area contributed by atoms with Crippen LogP contribution in [0.25, 0.3) is 0 Å². The first kappa shape index (κ1) is 15.4. The number of imidazole rings is 1. The Morgan fingerprint density at radius 1 is 1.42 bits per heavy atom. The van der Waals surface area contributed by atoms with Gasteiger partial charge in [-0.05, 0) is 52.0 Å². The number of aromatic amines is 1. The second kappa shape index (κ2) is 6.39. The number of H-pyrrole nitrogens is 1. The van der Waals surface area contributed by atoms with E-state index in [0.717, 1.165) is 38.1 Å². The normalized spacial score (nSPS) is 21.0. The van der Waals surface area contributed by atoms with Crippen molar-refractivity contribution in [2.24, 2.45) is 0 Å². The van der Waals surface area contributed by atoms with Crippen LogP contribution in [0.15, 0.2) is 10.6 Å². The first-order valence-corrected chi connectivity index (χ1v) is 8.74. The maximum atomic E-state index is 12.3. The lowest BCUT2D eigenvalue weighted by Crippen LogP contribution is -2.33. The number of likely N-dealkylation sites (tertiary alicyclic amines) is 1. The highest BCUT2D eigenvalue weighted by Crippen LogP contribution is 2.32. The van der Waals surface area contributed by atoms with Gasteiger partial charge in [-0.15, -0.1) is 0 Å². The Morgan fingerprint density at radius 2 is 2.29 bits per heavy atom. The zero-order valence-electron chi connectivity index (χ0n) is 14.0. The standard InChI is InChI=1S/C17H23N5O2/c1-11-9-15(21-24-11)20-16(23)10-22-8-4-7-14(22)17-18-12-5-2-3-6-13(12)19-17/h9,14H,2-8,10H2,1H3,(H,18,19)(H,20,21,23)/t14-/m1/s1. The lowest BCUT2D eigenvalue weighted by Gasteiger charge is -2.21. The molecular weight excluding hydrogens is 306 g/mol. The molecule has 1 fully saturated rings. The number of anilines is 1. The summed E-state index contributed by atoms with van der Waals surface area (Å²) < 4.78 is 4.98. The molecular formula is C17H23N5O2. The Labute approximate surface area is 140 Å². The van der Waals surface area contributed by atoms with Crippen molar-refractivity contribution in [2.45, 2.75) is 51.5 Å². The summed E-state index contributed by atoms with van der Waals surface area (Å²) in [7, 11) is 0. The van der Waals surface area contributed by atoms with Crippen molar-refractivity contribution in [1.29, 1.82) is 0 Å². The third kappa shape index (κ3) is 3.08. The van der Waals surface area contributed by atoms with Gasteiger partial charge in [0.1, 0.15) is 11.6 Å². The van der Waals surface area contributed by atoms with Crippen molar-refractivity contribution in [3.8, 4) is 0 Å². The Hall–Kier alpha value is -2.15. The van der Waals surface area contributed by atoms with E-state index < -0.39 is 0 Å². The largest absolute Gasteiger partial charge is 0.360 e. The molecule has 0 radical (unpaired) electrons. The van der Waals surface area contributed by atoms with E-state index in [1.807, 2.05) is 0 Å². The molecule has 0 spiro atoms. The highest BCUT2D eigenvalue weighted by Gasteiger charge is 2.31. The molecule has 1 aliphatic carbocycles. The van der Waals surface area contributed by atoms with Gasteiger partial charge in [0, 0.05) is 11.8 Å². The Morgan fingerprint density at radius 3 is 3.08 bits per heavy atom. The molecule has 7 nitrogen and oxygen atoms in total. The Bertz CT molecular complexity index is 712. The van der Waals surface area contributed by atoms with Crippen LogP contribution in [0.1, 0.15) is 54.7 Å². The number of nitrogens with one attached hydrogen (secondary N) is 2. The van der Waals surface area contributed by atoms with E-state index in [1.54, 1.807) is 13.0 Å². The monoisotopic (exact) mass is 329 g/mol. The lowest BCUT2D eigenvalue weighted by molar-refractivity contribution is -0.117. The van der Waals surface area contributed by atoms with Crippen LogP contribution in [0.4, 0.5) is 5.82 Å². The van der Waals surface area contributed by atoms with Crippen molar-refractivity contribution >= 4 is 11.7 Å². The van der Waals surface area contributed by atoms with Gasteiger partial charge in [-0.2, -0.15) is 0 Å².